The molecule has 0 bridgehead atoms. The number of carbonyl (C=O) groups is 3. The van der Waals surface area contributed by atoms with Crippen molar-refractivity contribution in [1.29, 1.82) is 0 Å². The molecule has 0 aliphatic rings. The molecule has 0 aromatic carbocycles. The maximum atomic E-state index is 12.8. The van der Waals surface area contributed by atoms with Gasteiger partial charge in [0.05, 0.1) is 0 Å². The normalized spacial score (nSPS) is 12.0. The van der Waals surface area contributed by atoms with Crippen LogP contribution < -0.4 is 0 Å². The number of carbonyl (C=O) groups excluding carboxylic acids is 3. The summed E-state index contributed by atoms with van der Waals surface area (Å²) in [6.45, 7) is 6.68. The largest absolute Gasteiger partial charge is 0.462 e. The van der Waals surface area contributed by atoms with E-state index in [1.165, 1.54) is 218 Å². The van der Waals surface area contributed by atoms with E-state index >= 15 is 0 Å². The summed E-state index contributed by atoms with van der Waals surface area (Å²) < 4.78 is 16.9. The highest BCUT2D eigenvalue weighted by atomic mass is 16.6. The standard InChI is InChI=1S/C58H110O6/c1-4-7-10-13-16-19-22-25-27-28-29-30-32-34-37-39-42-45-48-51-57(60)63-54-55(64-58(61)52-49-46-43-40-35-24-21-18-15-12-9-6-3)53-62-56(59)50-47-44-41-38-36-33-31-26-23-20-17-14-11-8-5-2/h26,31,55H,4-25,27-30,32-54H2,1-3H3/b31-26-/t55-/m1/s1. The second-order valence-electron chi connectivity index (χ2n) is 19.6. The predicted molar refractivity (Wildman–Crippen MR) is 275 cm³/mol. The molecule has 0 saturated heterocycles. The minimum absolute atomic E-state index is 0.0666. The third-order valence-corrected chi connectivity index (χ3v) is 13.0. The van der Waals surface area contributed by atoms with Crippen LogP contribution >= 0.6 is 0 Å². The van der Waals surface area contributed by atoms with Crippen LogP contribution in [-0.2, 0) is 28.6 Å². The molecular formula is C58H110O6. The summed E-state index contributed by atoms with van der Waals surface area (Å²) >= 11 is 0. The lowest BCUT2D eigenvalue weighted by atomic mass is 10.0. The molecule has 0 unspecified atom stereocenters. The lowest BCUT2D eigenvalue weighted by molar-refractivity contribution is -0.167. The molecule has 0 aromatic rings. The minimum Gasteiger partial charge on any atom is -0.462 e. The molecule has 0 fully saturated rings. The van der Waals surface area contributed by atoms with E-state index in [9.17, 15) is 14.4 Å². The van der Waals surface area contributed by atoms with Gasteiger partial charge in [0.1, 0.15) is 13.2 Å². The van der Waals surface area contributed by atoms with Gasteiger partial charge in [-0.3, -0.25) is 14.4 Å². The maximum absolute atomic E-state index is 12.8. The quantitative estimate of drug-likeness (QED) is 0.0262. The zero-order valence-corrected chi connectivity index (χ0v) is 43.3. The van der Waals surface area contributed by atoms with Gasteiger partial charge in [-0.25, -0.2) is 0 Å². The Morgan fingerprint density at radius 3 is 0.781 bits per heavy atom. The zero-order valence-electron chi connectivity index (χ0n) is 43.3. The van der Waals surface area contributed by atoms with Crippen molar-refractivity contribution in [3.8, 4) is 0 Å². The average Bonchev–Trinajstić information content (AvgIpc) is 3.29. The molecule has 0 aliphatic carbocycles. The number of ether oxygens (including phenoxy) is 3. The minimum atomic E-state index is -0.767. The topological polar surface area (TPSA) is 78.9 Å². The van der Waals surface area contributed by atoms with Crippen molar-refractivity contribution < 1.29 is 28.6 Å². The van der Waals surface area contributed by atoms with Crippen molar-refractivity contribution in [1.82, 2.24) is 0 Å². The van der Waals surface area contributed by atoms with Crippen LogP contribution in [0.5, 0.6) is 0 Å². The van der Waals surface area contributed by atoms with Gasteiger partial charge in [-0.1, -0.05) is 270 Å². The van der Waals surface area contributed by atoms with E-state index in [0.717, 1.165) is 64.2 Å². The van der Waals surface area contributed by atoms with E-state index in [2.05, 4.69) is 32.9 Å². The highest BCUT2D eigenvalue weighted by molar-refractivity contribution is 5.71. The van der Waals surface area contributed by atoms with Crippen LogP contribution in [0, 0.1) is 0 Å². The first-order chi connectivity index (χ1) is 31.5. The maximum Gasteiger partial charge on any atom is 0.306 e. The molecule has 0 radical (unpaired) electrons. The fourth-order valence-electron chi connectivity index (χ4n) is 8.68. The highest BCUT2D eigenvalue weighted by Gasteiger charge is 2.19. The monoisotopic (exact) mass is 903 g/mol. The van der Waals surface area contributed by atoms with Crippen molar-refractivity contribution in [2.45, 2.75) is 329 Å². The van der Waals surface area contributed by atoms with Crippen molar-refractivity contribution >= 4 is 17.9 Å². The van der Waals surface area contributed by atoms with Gasteiger partial charge in [0.25, 0.3) is 0 Å². The second-order valence-corrected chi connectivity index (χ2v) is 19.6. The zero-order chi connectivity index (χ0) is 46.5. The average molecular weight is 904 g/mol. The summed E-state index contributed by atoms with van der Waals surface area (Å²) in [4.78, 5) is 38.1. The van der Waals surface area contributed by atoms with Crippen LogP contribution in [0.3, 0.4) is 0 Å². The molecular weight excluding hydrogens is 793 g/mol. The third kappa shape index (κ3) is 51.1. The van der Waals surface area contributed by atoms with Gasteiger partial charge in [0, 0.05) is 19.3 Å². The van der Waals surface area contributed by atoms with Gasteiger partial charge in [-0.05, 0) is 44.9 Å². The van der Waals surface area contributed by atoms with Crippen molar-refractivity contribution in [2.75, 3.05) is 13.2 Å². The molecule has 0 rings (SSSR count). The van der Waals surface area contributed by atoms with Crippen LogP contribution in [0.25, 0.3) is 0 Å². The number of hydrogen-bond donors (Lipinski definition) is 0. The lowest BCUT2D eigenvalue weighted by Crippen LogP contribution is -2.30. The fourth-order valence-corrected chi connectivity index (χ4v) is 8.68. The second kappa shape index (κ2) is 53.8. The molecule has 0 N–H and O–H groups in total. The van der Waals surface area contributed by atoms with Crippen LogP contribution in [-0.4, -0.2) is 37.2 Å². The van der Waals surface area contributed by atoms with E-state index in [1.54, 1.807) is 0 Å². The summed E-state index contributed by atoms with van der Waals surface area (Å²) in [6.07, 6.45) is 60.6. The highest BCUT2D eigenvalue weighted by Crippen LogP contribution is 2.17. The Hall–Kier alpha value is -1.85. The third-order valence-electron chi connectivity index (χ3n) is 13.0. The van der Waals surface area contributed by atoms with Crippen molar-refractivity contribution in [3.63, 3.8) is 0 Å². The summed E-state index contributed by atoms with van der Waals surface area (Å²) in [5.41, 5.74) is 0. The van der Waals surface area contributed by atoms with Gasteiger partial charge < -0.3 is 14.2 Å². The predicted octanol–water partition coefficient (Wildman–Crippen LogP) is 18.9. The molecule has 1 atom stereocenters. The van der Waals surface area contributed by atoms with Gasteiger partial charge in [-0.2, -0.15) is 0 Å². The van der Waals surface area contributed by atoms with E-state index in [1.807, 2.05) is 0 Å². The first-order valence-electron chi connectivity index (χ1n) is 28.7. The van der Waals surface area contributed by atoms with Crippen LogP contribution in [0.2, 0.25) is 0 Å². The van der Waals surface area contributed by atoms with Gasteiger partial charge >= 0.3 is 17.9 Å². The number of unbranched alkanes of at least 4 members (excludes halogenated alkanes) is 40. The lowest BCUT2D eigenvalue weighted by Gasteiger charge is -2.18. The first kappa shape index (κ1) is 62.1. The molecule has 378 valence electrons. The molecule has 0 spiro atoms. The Bertz CT molecular complexity index is 993. The molecule has 6 nitrogen and oxygen atoms in total. The van der Waals surface area contributed by atoms with E-state index < -0.39 is 6.10 Å². The van der Waals surface area contributed by atoms with Gasteiger partial charge in [0.15, 0.2) is 6.10 Å². The summed E-state index contributed by atoms with van der Waals surface area (Å²) in [5.74, 6) is -0.853. The SMILES string of the molecule is CCCCCCCC/C=C\CCCCCCCC(=O)OC[C@H](COC(=O)CCCCCCCCCCCCCCCCCCCCC)OC(=O)CCCCCCCCCCCCCC. The molecule has 0 aliphatic heterocycles. The summed E-state index contributed by atoms with van der Waals surface area (Å²) in [7, 11) is 0. The van der Waals surface area contributed by atoms with Crippen LogP contribution in [0.4, 0.5) is 0 Å². The number of rotatable bonds is 53. The van der Waals surface area contributed by atoms with E-state index in [4.69, 9.17) is 14.2 Å². The molecule has 0 heterocycles. The summed E-state index contributed by atoms with van der Waals surface area (Å²) in [5, 5.41) is 0. The molecule has 0 saturated carbocycles. The fraction of sp³-hybridized carbons (Fsp3) is 0.914. The summed E-state index contributed by atoms with van der Waals surface area (Å²) in [6, 6.07) is 0. The number of hydrogen-bond acceptors (Lipinski definition) is 6. The van der Waals surface area contributed by atoms with Gasteiger partial charge in [0.2, 0.25) is 0 Å². The van der Waals surface area contributed by atoms with Crippen molar-refractivity contribution in [3.05, 3.63) is 12.2 Å². The Morgan fingerprint density at radius 2 is 0.516 bits per heavy atom. The van der Waals surface area contributed by atoms with Gasteiger partial charge in [-0.15, -0.1) is 0 Å². The van der Waals surface area contributed by atoms with E-state index in [-0.39, 0.29) is 31.1 Å². The Kier molecular flexibility index (Phi) is 52.2. The van der Waals surface area contributed by atoms with E-state index in [0.29, 0.717) is 19.3 Å². The molecule has 0 aromatic heterocycles. The number of allylic oxidation sites excluding steroid dienone is 2. The Balaban J connectivity index is 4.27. The van der Waals surface area contributed by atoms with Crippen molar-refractivity contribution in [2.24, 2.45) is 0 Å². The Morgan fingerprint density at radius 1 is 0.297 bits per heavy atom. The molecule has 6 heteroatoms. The molecule has 64 heavy (non-hydrogen) atoms. The first-order valence-corrected chi connectivity index (χ1v) is 28.7. The Labute approximate surface area is 399 Å². The number of esters is 3. The molecule has 0 amide bonds. The van der Waals surface area contributed by atoms with Crippen LogP contribution in [0.15, 0.2) is 12.2 Å². The smallest absolute Gasteiger partial charge is 0.306 e. The van der Waals surface area contributed by atoms with Crippen LogP contribution in [0.1, 0.15) is 323 Å².